The fourth-order valence-electron chi connectivity index (χ4n) is 7.98. The maximum Gasteiger partial charge on any atom is 0.330 e. The number of carbonyl (C=O) groups is 2. The van der Waals surface area contributed by atoms with E-state index in [-0.39, 0.29) is 34.4 Å². The Balaban J connectivity index is 1.60. The molecule has 3 fully saturated rings. The Hall–Kier alpha value is -1.13. The highest BCUT2D eigenvalue weighted by molar-refractivity contribution is 6.23. The fraction of sp³-hybridized carbons (Fsp3) is 0.769. The van der Waals surface area contributed by atoms with Crippen molar-refractivity contribution in [1.82, 2.24) is 0 Å². The molecule has 0 aliphatic heterocycles. The van der Waals surface area contributed by atoms with Crippen LogP contribution in [0.5, 0.6) is 0 Å². The van der Waals surface area contributed by atoms with Crippen LogP contribution in [0.2, 0.25) is 0 Å². The smallest absolute Gasteiger partial charge is 0.330 e. The predicted molar refractivity (Wildman–Crippen MR) is 122 cm³/mol. The second-order valence-electron chi connectivity index (χ2n) is 10.9. The third-order valence-corrected chi connectivity index (χ3v) is 10.0. The number of rotatable bonds is 4. The molecule has 0 spiro atoms. The summed E-state index contributed by atoms with van der Waals surface area (Å²) in [5.41, 5.74) is 1.02. The quantitative estimate of drug-likeness (QED) is 0.370. The van der Waals surface area contributed by atoms with Crippen molar-refractivity contribution in [2.75, 3.05) is 6.61 Å². The molecule has 4 aliphatic carbocycles. The molecule has 0 radical (unpaired) electrons. The first-order valence-corrected chi connectivity index (χ1v) is 12.5. The number of ketones is 1. The van der Waals surface area contributed by atoms with Crippen LogP contribution in [0.3, 0.4) is 0 Å². The van der Waals surface area contributed by atoms with Crippen LogP contribution in [-0.2, 0) is 14.3 Å². The molecule has 9 atom stereocenters. The highest BCUT2D eigenvalue weighted by Crippen LogP contribution is 2.68. The van der Waals surface area contributed by atoms with Gasteiger partial charge in [0.05, 0.1) is 18.1 Å². The van der Waals surface area contributed by atoms with Crippen LogP contribution in [-0.4, -0.2) is 34.9 Å². The minimum absolute atomic E-state index is 0.0843. The van der Waals surface area contributed by atoms with Crippen LogP contribution < -0.4 is 0 Å². The number of fused-ring (bicyclic) bond motifs is 5. The maximum absolute atomic E-state index is 12.1. The third-order valence-electron chi connectivity index (χ3n) is 9.54. The number of alkyl halides is 1. The second-order valence-corrected chi connectivity index (χ2v) is 11.3. The first kappa shape index (κ1) is 23.0. The largest absolute Gasteiger partial charge is 0.463 e. The molecule has 3 saturated carbocycles. The predicted octanol–water partition coefficient (Wildman–Crippen LogP) is 5.08. The minimum Gasteiger partial charge on any atom is -0.463 e. The first-order chi connectivity index (χ1) is 14.6. The van der Waals surface area contributed by atoms with E-state index in [0.29, 0.717) is 30.8 Å². The van der Waals surface area contributed by atoms with Crippen LogP contribution >= 0.6 is 11.6 Å². The van der Waals surface area contributed by atoms with Gasteiger partial charge in [0.15, 0.2) is 5.78 Å². The zero-order valence-electron chi connectivity index (χ0n) is 19.3. The van der Waals surface area contributed by atoms with Gasteiger partial charge in [-0.3, -0.25) is 4.79 Å². The summed E-state index contributed by atoms with van der Waals surface area (Å²) in [5, 5.41) is 10.9. The number of esters is 1. The Bertz CT molecular complexity index is 803. The van der Waals surface area contributed by atoms with Gasteiger partial charge in [-0.05, 0) is 91.1 Å². The van der Waals surface area contributed by atoms with E-state index in [9.17, 15) is 14.7 Å². The number of hydrogen-bond donors (Lipinski definition) is 1. The van der Waals surface area contributed by atoms with Gasteiger partial charge in [0.1, 0.15) is 0 Å². The van der Waals surface area contributed by atoms with Crippen LogP contribution in [0.15, 0.2) is 23.8 Å². The lowest BCUT2D eigenvalue weighted by molar-refractivity contribution is -0.137. The van der Waals surface area contributed by atoms with Gasteiger partial charge >= 0.3 is 5.97 Å². The zero-order chi connectivity index (χ0) is 22.6. The normalized spacial score (nSPS) is 45.5. The molecule has 4 nitrogen and oxygen atoms in total. The van der Waals surface area contributed by atoms with E-state index in [1.807, 2.05) is 13.0 Å². The molecule has 4 aliphatic rings. The first-order valence-electron chi connectivity index (χ1n) is 12.1. The van der Waals surface area contributed by atoms with Gasteiger partial charge in [0.25, 0.3) is 0 Å². The maximum atomic E-state index is 12.1. The lowest BCUT2D eigenvalue weighted by Crippen LogP contribution is -2.59. The van der Waals surface area contributed by atoms with E-state index in [4.69, 9.17) is 16.3 Å². The fourth-order valence-corrected chi connectivity index (χ4v) is 8.46. The Morgan fingerprint density at radius 2 is 2.03 bits per heavy atom. The number of allylic oxidation sites excluding steroid dienone is 1. The molecule has 0 heterocycles. The van der Waals surface area contributed by atoms with E-state index in [0.717, 1.165) is 37.7 Å². The monoisotopic (exact) mass is 448 g/mol. The van der Waals surface area contributed by atoms with E-state index >= 15 is 0 Å². The number of hydrogen-bond acceptors (Lipinski definition) is 4. The number of aliphatic hydroxyl groups is 1. The van der Waals surface area contributed by atoms with E-state index in [2.05, 4.69) is 20.8 Å². The molecule has 31 heavy (non-hydrogen) atoms. The average Bonchev–Trinajstić information content (AvgIpc) is 3.08. The van der Waals surface area contributed by atoms with E-state index in [1.165, 1.54) is 0 Å². The highest BCUT2D eigenvalue weighted by Gasteiger charge is 2.63. The van der Waals surface area contributed by atoms with Gasteiger partial charge in [0, 0.05) is 12.5 Å². The lowest BCUT2D eigenvalue weighted by Gasteiger charge is -2.60. The van der Waals surface area contributed by atoms with Gasteiger partial charge in [-0.2, -0.15) is 0 Å². The molecule has 4 unspecified atom stereocenters. The Kier molecular flexibility index (Phi) is 6.20. The van der Waals surface area contributed by atoms with Gasteiger partial charge < -0.3 is 9.84 Å². The van der Waals surface area contributed by atoms with Crippen molar-refractivity contribution in [3.8, 4) is 0 Å². The van der Waals surface area contributed by atoms with Gasteiger partial charge in [0.2, 0.25) is 0 Å². The molecule has 0 bridgehead atoms. The van der Waals surface area contributed by atoms with E-state index < -0.39 is 11.5 Å². The molecular weight excluding hydrogens is 412 g/mol. The Morgan fingerprint density at radius 1 is 1.29 bits per heavy atom. The summed E-state index contributed by atoms with van der Waals surface area (Å²) in [6.45, 7) is 9.09. The van der Waals surface area contributed by atoms with Crippen molar-refractivity contribution in [2.45, 2.75) is 77.7 Å². The van der Waals surface area contributed by atoms with Crippen molar-refractivity contribution in [2.24, 2.45) is 40.4 Å². The van der Waals surface area contributed by atoms with Gasteiger partial charge in [-0.1, -0.05) is 26.8 Å². The SMILES string of the molecule is CCOC(=O)/C=C/[C@@H](C)[C@H]1CCC2C3C(O)[C@H](Cl)C4=CC(=O)CC[C@]4(C)C3CC[C@@]21C. The minimum atomic E-state index is -0.606. The van der Waals surface area contributed by atoms with Crippen LogP contribution in [0.25, 0.3) is 0 Å². The standard InChI is InChI=1S/C26H37ClO4/c1-5-31-21(29)9-6-15(2)17-7-8-18-22-19(11-13-25(17,18)3)26(4)12-10-16(28)14-20(26)23(27)24(22)30/h6,9,14-15,17-19,22-24,30H,5,7-8,10-13H2,1-4H3/b9-6+/t15-,17-,18?,19?,22?,23-,24?,25-,26-/m1/s1. The molecule has 5 heteroatoms. The van der Waals surface area contributed by atoms with Gasteiger partial charge in [-0.25, -0.2) is 4.79 Å². The molecule has 0 amide bonds. The summed E-state index contributed by atoms with van der Waals surface area (Å²) in [5.74, 6) is 1.59. The van der Waals surface area contributed by atoms with Crippen LogP contribution in [0.1, 0.15) is 66.2 Å². The average molecular weight is 449 g/mol. The summed E-state index contributed by atoms with van der Waals surface area (Å²) in [4.78, 5) is 23.9. The number of carbonyl (C=O) groups excluding carboxylic acids is 2. The van der Waals surface area contributed by atoms with Gasteiger partial charge in [-0.15, -0.1) is 11.6 Å². The molecule has 0 aromatic rings. The van der Waals surface area contributed by atoms with Crippen molar-refractivity contribution < 1.29 is 19.4 Å². The van der Waals surface area contributed by atoms with Crippen LogP contribution in [0, 0.1) is 40.4 Å². The molecular formula is C26H37ClO4. The summed E-state index contributed by atoms with van der Waals surface area (Å²) in [6.07, 6.45) is 10.5. The van der Waals surface area contributed by atoms with Crippen molar-refractivity contribution >= 4 is 23.4 Å². The highest BCUT2D eigenvalue weighted by atomic mass is 35.5. The molecule has 0 aromatic carbocycles. The van der Waals surface area contributed by atoms with Crippen molar-refractivity contribution in [3.63, 3.8) is 0 Å². The molecule has 172 valence electrons. The number of halogens is 1. The molecule has 0 aromatic heterocycles. The lowest BCUT2D eigenvalue weighted by atomic mass is 9.45. The summed E-state index contributed by atoms with van der Waals surface area (Å²) in [6, 6.07) is 0. The van der Waals surface area contributed by atoms with Crippen molar-refractivity contribution in [3.05, 3.63) is 23.8 Å². The number of aliphatic hydroxyl groups excluding tert-OH is 1. The van der Waals surface area contributed by atoms with Crippen LogP contribution in [0.4, 0.5) is 0 Å². The third kappa shape index (κ3) is 3.62. The molecule has 4 rings (SSSR count). The summed E-state index contributed by atoms with van der Waals surface area (Å²) < 4.78 is 5.05. The Labute approximate surface area is 191 Å². The topological polar surface area (TPSA) is 63.6 Å². The molecule has 1 N–H and O–H groups in total. The Morgan fingerprint density at radius 3 is 2.74 bits per heavy atom. The zero-order valence-corrected chi connectivity index (χ0v) is 20.0. The summed E-state index contributed by atoms with van der Waals surface area (Å²) >= 11 is 6.83. The van der Waals surface area contributed by atoms with Crippen molar-refractivity contribution in [1.29, 1.82) is 0 Å². The number of ether oxygens (including phenoxy) is 1. The molecule has 0 saturated heterocycles. The summed E-state index contributed by atoms with van der Waals surface area (Å²) in [7, 11) is 0. The second kappa shape index (κ2) is 8.33. The van der Waals surface area contributed by atoms with E-state index in [1.54, 1.807) is 12.2 Å².